The smallest absolute Gasteiger partial charge is 0.210 e. The van der Waals surface area contributed by atoms with Crippen LogP contribution in [-0.4, -0.2) is 17.8 Å². The molecule has 2 aromatic carbocycles. The van der Waals surface area contributed by atoms with E-state index >= 15 is 0 Å². The van der Waals surface area contributed by atoms with Gasteiger partial charge in [-0.15, -0.1) is 0 Å². The van der Waals surface area contributed by atoms with Crippen molar-refractivity contribution < 1.29 is 4.74 Å². The van der Waals surface area contributed by atoms with Crippen LogP contribution < -0.4 is 4.74 Å². The van der Waals surface area contributed by atoms with E-state index in [2.05, 4.69) is 23.0 Å². The molecule has 3 nitrogen and oxygen atoms in total. The fraction of sp³-hybridized carbons (Fsp3) is 0.222. The third-order valence-electron chi connectivity index (χ3n) is 3.25. The van der Waals surface area contributed by atoms with E-state index < -0.39 is 0 Å². The van der Waals surface area contributed by atoms with E-state index in [-0.39, 0.29) is 0 Å². The number of ether oxygens (including phenoxy) is 1. The van der Waals surface area contributed by atoms with Crippen LogP contribution in [0.1, 0.15) is 25.3 Å². The first-order valence-corrected chi connectivity index (χ1v) is 8.29. The molecular formula is C18H18N2OS. The SMILES string of the molecule is CCCCOc1ccc(/C=N/c2nc3ccccc3s2)cc1. The molecule has 0 saturated heterocycles. The first-order valence-electron chi connectivity index (χ1n) is 7.47. The lowest BCUT2D eigenvalue weighted by atomic mass is 10.2. The number of fused-ring (bicyclic) bond motifs is 1. The molecule has 0 atom stereocenters. The molecule has 1 aromatic heterocycles. The van der Waals surface area contributed by atoms with Crippen molar-refractivity contribution >= 4 is 32.9 Å². The molecule has 0 fully saturated rings. The minimum Gasteiger partial charge on any atom is -0.494 e. The van der Waals surface area contributed by atoms with Gasteiger partial charge in [-0.1, -0.05) is 36.8 Å². The van der Waals surface area contributed by atoms with Gasteiger partial charge in [0, 0.05) is 6.21 Å². The standard InChI is InChI=1S/C18H18N2OS/c1-2-3-12-21-15-10-8-14(9-11-15)13-19-18-20-16-6-4-5-7-17(16)22-18/h4-11,13H,2-3,12H2,1H3/b19-13+. The normalized spacial score (nSPS) is 11.3. The summed E-state index contributed by atoms with van der Waals surface area (Å²) in [6.45, 7) is 2.93. The van der Waals surface area contributed by atoms with Crippen molar-refractivity contribution in [3.8, 4) is 5.75 Å². The van der Waals surface area contributed by atoms with Crippen LogP contribution in [0.15, 0.2) is 53.5 Å². The number of unbranched alkanes of at least 4 members (excludes halogenated alkanes) is 1. The van der Waals surface area contributed by atoms with Gasteiger partial charge in [-0.3, -0.25) is 0 Å². The predicted molar refractivity (Wildman–Crippen MR) is 93.7 cm³/mol. The fourth-order valence-corrected chi connectivity index (χ4v) is 2.84. The average molecular weight is 310 g/mol. The Morgan fingerprint density at radius 2 is 1.95 bits per heavy atom. The summed E-state index contributed by atoms with van der Waals surface area (Å²) in [6.07, 6.45) is 4.07. The summed E-state index contributed by atoms with van der Waals surface area (Å²) in [5, 5.41) is 0.782. The van der Waals surface area contributed by atoms with Gasteiger partial charge in [0.05, 0.1) is 16.8 Å². The molecule has 0 bridgehead atoms. The number of nitrogens with zero attached hydrogens (tertiary/aromatic N) is 2. The van der Waals surface area contributed by atoms with Crippen LogP contribution >= 0.6 is 11.3 Å². The zero-order chi connectivity index (χ0) is 15.2. The minimum absolute atomic E-state index is 0.773. The van der Waals surface area contributed by atoms with Gasteiger partial charge in [-0.2, -0.15) is 0 Å². The Balaban J connectivity index is 1.67. The maximum atomic E-state index is 5.65. The third kappa shape index (κ3) is 3.71. The monoisotopic (exact) mass is 310 g/mol. The molecule has 1 heterocycles. The number of para-hydroxylation sites is 1. The zero-order valence-electron chi connectivity index (χ0n) is 12.5. The average Bonchev–Trinajstić information content (AvgIpc) is 2.97. The molecule has 3 rings (SSSR count). The Hall–Kier alpha value is -2.20. The number of hydrogen-bond donors (Lipinski definition) is 0. The van der Waals surface area contributed by atoms with E-state index in [1.807, 2.05) is 48.7 Å². The second-order valence-corrected chi connectivity index (χ2v) is 6.00. The lowest BCUT2D eigenvalue weighted by Gasteiger charge is -2.04. The Labute approximate surface area is 134 Å². The van der Waals surface area contributed by atoms with Crippen molar-refractivity contribution in [3.63, 3.8) is 0 Å². The van der Waals surface area contributed by atoms with Gasteiger partial charge in [0.1, 0.15) is 5.75 Å². The highest BCUT2D eigenvalue weighted by Crippen LogP contribution is 2.27. The van der Waals surface area contributed by atoms with E-state index in [1.54, 1.807) is 11.3 Å². The largest absolute Gasteiger partial charge is 0.494 e. The van der Waals surface area contributed by atoms with Gasteiger partial charge in [-0.25, -0.2) is 9.98 Å². The maximum Gasteiger partial charge on any atom is 0.210 e. The number of benzene rings is 2. The van der Waals surface area contributed by atoms with Crippen molar-refractivity contribution in [1.29, 1.82) is 0 Å². The van der Waals surface area contributed by atoms with Crippen LogP contribution in [0.25, 0.3) is 10.2 Å². The Bertz CT molecular complexity index is 729. The van der Waals surface area contributed by atoms with Gasteiger partial charge < -0.3 is 4.74 Å². The van der Waals surface area contributed by atoms with Crippen LogP contribution in [-0.2, 0) is 0 Å². The number of rotatable bonds is 6. The van der Waals surface area contributed by atoms with Gasteiger partial charge in [0.25, 0.3) is 0 Å². The maximum absolute atomic E-state index is 5.65. The molecule has 0 unspecified atom stereocenters. The van der Waals surface area contributed by atoms with Gasteiger partial charge in [-0.05, 0) is 48.4 Å². The molecule has 22 heavy (non-hydrogen) atoms. The highest BCUT2D eigenvalue weighted by molar-refractivity contribution is 7.22. The van der Waals surface area contributed by atoms with Crippen LogP contribution in [0.2, 0.25) is 0 Å². The molecule has 0 aliphatic rings. The van der Waals surface area contributed by atoms with E-state index in [4.69, 9.17) is 4.74 Å². The van der Waals surface area contributed by atoms with Crippen molar-refractivity contribution in [2.24, 2.45) is 4.99 Å². The van der Waals surface area contributed by atoms with Crippen molar-refractivity contribution in [3.05, 3.63) is 54.1 Å². The molecule has 0 amide bonds. The first-order chi connectivity index (χ1) is 10.8. The van der Waals surface area contributed by atoms with Crippen LogP contribution in [0.5, 0.6) is 5.75 Å². The molecule has 0 aliphatic heterocycles. The quantitative estimate of drug-likeness (QED) is 0.462. The highest BCUT2D eigenvalue weighted by atomic mass is 32.1. The van der Waals surface area contributed by atoms with Gasteiger partial charge >= 0.3 is 0 Å². The fourth-order valence-electron chi connectivity index (χ4n) is 2.03. The third-order valence-corrected chi connectivity index (χ3v) is 4.20. The summed E-state index contributed by atoms with van der Waals surface area (Å²) in [4.78, 5) is 8.95. The molecular weight excluding hydrogens is 292 g/mol. The van der Waals surface area contributed by atoms with Crippen molar-refractivity contribution in [2.75, 3.05) is 6.61 Å². The topological polar surface area (TPSA) is 34.5 Å². The van der Waals surface area contributed by atoms with Crippen LogP contribution in [0.4, 0.5) is 5.13 Å². The van der Waals surface area contributed by atoms with Crippen LogP contribution in [0, 0.1) is 0 Å². The Kier molecular flexibility index (Phi) is 4.81. The molecule has 4 heteroatoms. The van der Waals surface area contributed by atoms with E-state index in [0.29, 0.717) is 0 Å². The summed E-state index contributed by atoms with van der Waals surface area (Å²) >= 11 is 1.60. The van der Waals surface area contributed by atoms with E-state index in [1.165, 1.54) is 0 Å². The predicted octanol–water partition coefficient (Wildman–Crippen LogP) is 5.23. The minimum atomic E-state index is 0.773. The van der Waals surface area contributed by atoms with Crippen LogP contribution in [0.3, 0.4) is 0 Å². The highest BCUT2D eigenvalue weighted by Gasteiger charge is 2.00. The number of aromatic nitrogens is 1. The Morgan fingerprint density at radius 1 is 1.14 bits per heavy atom. The lowest BCUT2D eigenvalue weighted by Crippen LogP contribution is -1.96. The molecule has 0 radical (unpaired) electrons. The summed E-state index contributed by atoms with van der Waals surface area (Å²) in [5.41, 5.74) is 2.04. The molecule has 0 aliphatic carbocycles. The van der Waals surface area contributed by atoms with E-state index in [0.717, 1.165) is 46.1 Å². The summed E-state index contributed by atoms with van der Waals surface area (Å²) in [7, 11) is 0. The van der Waals surface area contributed by atoms with Crippen molar-refractivity contribution in [1.82, 2.24) is 4.98 Å². The molecule has 0 spiro atoms. The zero-order valence-corrected chi connectivity index (χ0v) is 13.3. The molecule has 0 N–H and O–H groups in total. The van der Waals surface area contributed by atoms with Gasteiger partial charge in [0.2, 0.25) is 5.13 Å². The summed E-state index contributed by atoms with van der Waals surface area (Å²) in [6, 6.07) is 16.1. The Morgan fingerprint density at radius 3 is 2.73 bits per heavy atom. The number of thiazole rings is 1. The molecule has 0 saturated carbocycles. The summed E-state index contributed by atoms with van der Waals surface area (Å²) in [5.74, 6) is 0.908. The molecule has 112 valence electrons. The first kappa shape index (κ1) is 14.7. The number of hydrogen-bond acceptors (Lipinski definition) is 4. The van der Waals surface area contributed by atoms with E-state index in [9.17, 15) is 0 Å². The number of aliphatic imine (C=N–C) groups is 1. The van der Waals surface area contributed by atoms with Gasteiger partial charge in [0.15, 0.2) is 0 Å². The lowest BCUT2D eigenvalue weighted by molar-refractivity contribution is 0.309. The molecule has 3 aromatic rings. The summed E-state index contributed by atoms with van der Waals surface area (Å²) < 4.78 is 6.81. The second kappa shape index (κ2) is 7.18. The van der Waals surface area contributed by atoms with Crippen molar-refractivity contribution in [2.45, 2.75) is 19.8 Å². The second-order valence-electron chi connectivity index (χ2n) is 4.99.